The van der Waals surface area contributed by atoms with E-state index in [1.54, 1.807) is 0 Å². The van der Waals surface area contributed by atoms with E-state index in [1.165, 1.54) is 64.2 Å². The van der Waals surface area contributed by atoms with E-state index in [1.807, 2.05) is 0 Å². The molecule has 0 unspecified atom stereocenters. The maximum Gasteiger partial charge on any atom is 0.0431 e. The van der Waals surface area contributed by atoms with Crippen LogP contribution in [0.3, 0.4) is 0 Å². The van der Waals surface area contributed by atoms with Crippen LogP contribution in [0.1, 0.15) is 77.6 Å². The minimum Gasteiger partial charge on any atom is -0.396 e. The molecule has 1 heteroatoms. The second kappa shape index (κ2) is 14.7. The van der Waals surface area contributed by atoms with Crippen LogP contribution in [0, 0.1) is 0 Å². The van der Waals surface area contributed by atoms with Gasteiger partial charge in [0.15, 0.2) is 0 Å². The third-order valence-corrected chi connectivity index (χ3v) is 2.92. The average Bonchev–Trinajstić information content (AvgIpc) is 2.31. The first kappa shape index (κ1) is 15.7. The Labute approximate surface area is 102 Å². The van der Waals surface area contributed by atoms with Gasteiger partial charge >= 0.3 is 0 Å². The topological polar surface area (TPSA) is 20.2 Å². The van der Waals surface area contributed by atoms with Crippen LogP contribution >= 0.6 is 0 Å². The zero-order valence-corrected chi connectivity index (χ0v) is 11.1. The van der Waals surface area contributed by atoms with Crippen molar-refractivity contribution in [3.8, 4) is 0 Å². The molecule has 0 aromatic carbocycles. The zero-order valence-electron chi connectivity index (χ0n) is 11.1. The molecule has 1 nitrogen and oxygen atoms in total. The fraction of sp³-hybridized carbons (Fsp3) is 0.867. The molecule has 16 heavy (non-hydrogen) atoms. The van der Waals surface area contributed by atoms with E-state index in [4.69, 9.17) is 5.11 Å². The molecular weight excluding hydrogens is 196 g/mol. The van der Waals surface area contributed by atoms with Gasteiger partial charge in [-0.3, -0.25) is 0 Å². The summed E-state index contributed by atoms with van der Waals surface area (Å²) in [6.07, 6.45) is 18.8. The molecule has 0 spiro atoms. The van der Waals surface area contributed by atoms with Gasteiger partial charge in [-0.05, 0) is 32.1 Å². The van der Waals surface area contributed by atoms with Crippen LogP contribution in [0.5, 0.6) is 0 Å². The van der Waals surface area contributed by atoms with Crippen molar-refractivity contribution in [3.05, 3.63) is 12.2 Å². The standard InChI is InChI=1S/C15H30O/c1-2-3-4-5-6-7-8-9-10-11-12-13-14-15-16/h7-8,16H,2-6,9-15H2,1H3. The van der Waals surface area contributed by atoms with E-state index >= 15 is 0 Å². The molecule has 0 saturated heterocycles. The molecule has 0 amide bonds. The fourth-order valence-electron chi connectivity index (χ4n) is 1.83. The number of allylic oxidation sites excluding steroid dienone is 2. The predicted molar refractivity (Wildman–Crippen MR) is 72.7 cm³/mol. The molecule has 96 valence electrons. The van der Waals surface area contributed by atoms with Crippen molar-refractivity contribution >= 4 is 0 Å². The number of aliphatic hydroxyl groups excluding tert-OH is 1. The first-order valence-corrected chi connectivity index (χ1v) is 7.17. The molecule has 0 radical (unpaired) electrons. The first-order chi connectivity index (χ1) is 7.91. The minimum absolute atomic E-state index is 0.359. The van der Waals surface area contributed by atoms with Crippen LogP contribution in [0.2, 0.25) is 0 Å². The number of hydrogen-bond donors (Lipinski definition) is 1. The number of unbranched alkanes of at least 4 members (excludes halogenated alkanes) is 9. The average molecular weight is 226 g/mol. The van der Waals surface area contributed by atoms with E-state index in [-0.39, 0.29) is 0 Å². The minimum atomic E-state index is 0.359. The maximum absolute atomic E-state index is 8.62. The number of hydrogen-bond acceptors (Lipinski definition) is 1. The van der Waals surface area contributed by atoms with E-state index in [2.05, 4.69) is 19.1 Å². The fourth-order valence-corrected chi connectivity index (χ4v) is 1.83. The van der Waals surface area contributed by atoms with Crippen LogP contribution in [0.15, 0.2) is 12.2 Å². The number of rotatable bonds is 12. The summed E-state index contributed by atoms with van der Waals surface area (Å²) in [4.78, 5) is 0. The summed E-state index contributed by atoms with van der Waals surface area (Å²) in [7, 11) is 0. The van der Waals surface area contributed by atoms with Crippen molar-refractivity contribution in [2.24, 2.45) is 0 Å². The third kappa shape index (κ3) is 13.7. The first-order valence-electron chi connectivity index (χ1n) is 7.17. The van der Waals surface area contributed by atoms with Crippen molar-refractivity contribution in [1.29, 1.82) is 0 Å². The molecule has 0 aliphatic heterocycles. The summed E-state index contributed by atoms with van der Waals surface area (Å²) in [5.74, 6) is 0. The van der Waals surface area contributed by atoms with Gasteiger partial charge in [0.25, 0.3) is 0 Å². The Hall–Kier alpha value is -0.300. The van der Waals surface area contributed by atoms with E-state index < -0.39 is 0 Å². The quantitative estimate of drug-likeness (QED) is 0.373. The predicted octanol–water partition coefficient (Wildman–Crippen LogP) is 4.85. The summed E-state index contributed by atoms with van der Waals surface area (Å²) >= 11 is 0. The summed E-state index contributed by atoms with van der Waals surface area (Å²) < 4.78 is 0. The van der Waals surface area contributed by atoms with Crippen LogP contribution in [-0.2, 0) is 0 Å². The maximum atomic E-state index is 8.62. The lowest BCUT2D eigenvalue weighted by atomic mass is 10.1. The summed E-state index contributed by atoms with van der Waals surface area (Å²) in [5, 5.41) is 8.62. The van der Waals surface area contributed by atoms with Gasteiger partial charge in [0.2, 0.25) is 0 Å². The second-order valence-electron chi connectivity index (χ2n) is 4.60. The smallest absolute Gasteiger partial charge is 0.0431 e. The molecule has 0 atom stereocenters. The summed E-state index contributed by atoms with van der Waals surface area (Å²) in [6.45, 7) is 2.62. The van der Waals surface area contributed by atoms with Gasteiger partial charge in [0.05, 0.1) is 0 Å². The van der Waals surface area contributed by atoms with Crippen molar-refractivity contribution in [2.45, 2.75) is 77.6 Å². The Morgan fingerprint density at radius 3 is 1.75 bits per heavy atom. The van der Waals surface area contributed by atoms with Gasteiger partial charge < -0.3 is 5.11 Å². The molecule has 0 aromatic rings. The Morgan fingerprint density at radius 2 is 1.19 bits per heavy atom. The second-order valence-corrected chi connectivity index (χ2v) is 4.60. The molecule has 0 aromatic heterocycles. The molecule has 0 aliphatic rings. The van der Waals surface area contributed by atoms with Gasteiger partial charge in [-0.1, -0.05) is 57.6 Å². The van der Waals surface area contributed by atoms with Crippen molar-refractivity contribution in [1.82, 2.24) is 0 Å². The van der Waals surface area contributed by atoms with Crippen LogP contribution in [-0.4, -0.2) is 11.7 Å². The Kier molecular flexibility index (Phi) is 14.4. The molecule has 1 N–H and O–H groups in total. The largest absolute Gasteiger partial charge is 0.396 e. The van der Waals surface area contributed by atoms with Gasteiger partial charge in [0.1, 0.15) is 0 Å². The van der Waals surface area contributed by atoms with E-state index in [0.29, 0.717) is 6.61 Å². The molecule has 0 saturated carbocycles. The van der Waals surface area contributed by atoms with Crippen molar-refractivity contribution in [2.75, 3.05) is 6.61 Å². The van der Waals surface area contributed by atoms with Crippen LogP contribution in [0.25, 0.3) is 0 Å². The van der Waals surface area contributed by atoms with E-state index in [9.17, 15) is 0 Å². The van der Waals surface area contributed by atoms with Gasteiger partial charge in [-0.15, -0.1) is 0 Å². The Bertz CT molecular complexity index is 140. The lowest BCUT2D eigenvalue weighted by molar-refractivity contribution is 0.282. The highest BCUT2D eigenvalue weighted by atomic mass is 16.2. The Balaban J connectivity index is 2.98. The van der Waals surface area contributed by atoms with Gasteiger partial charge in [-0.25, -0.2) is 0 Å². The van der Waals surface area contributed by atoms with Gasteiger partial charge in [-0.2, -0.15) is 0 Å². The highest BCUT2D eigenvalue weighted by molar-refractivity contribution is 4.81. The molecule has 0 bridgehead atoms. The lowest BCUT2D eigenvalue weighted by Crippen LogP contribution is -1.83. The van der Waals surface area contributed by atoms with E-state index in [0.717, 1.165) is 6.42 Å². The summed E-state index contributed by atoms with van der Waals surface area (Å²) in [5.41, 5.74) is 0. The molecule has 0 aliphatic carbocycles. The number of aliphatic hydroxyl groups is 1. The van der Waals surface area contributed by atoms with Gasteiger partial charge in [0, 0.05) is 6.61 Å². The molecule has 0 rings (SSSR count). The van der Waals surface area contributed by atoms with Crippen molar-refractivity contribution < 1.29 is 5.11 Å². The monoisotopic (exact) mass is 226 g/mol. The third-order valence-electron chi connectivity index (χ3n) is 2.92. The SMILES string of the molecule is CCCCCCC=CCCCCCCCO. The molecule has 0 heterocycles. The Morgan fingerprint density at radius 1 is 0.688 bits per heavy atom. The zero-order chi connectivity index (χ0) is 11.9. The highest BCUT2D eigenvalue weighted by Gasteiger charge is 1.88. The van der Waals surface area contributed by atoms with Crippen molar-refractivity contribution in [3.63, 3.8) is 0 Å². The summed E-state index contributed by atoms with van der Waals surface area (Å²) in [6, 6.07) is 0. The lowest BCUT2D eigenvalue weighted by Gasteiger charge is -1.97. The van der Waals surface area contributed by atoms with Crippen LogP contribution in [0.4, 0.5) is 0 Å². The normalized spacial score (nSPS) is 11.4. The highest BCUT2D eigenvalue weighted by Crippen LogP contribution is 2.07. The molecular formula is C15H30O. The molecule has 0 fully saturated rings. The van der Waals surface area contributed by atoms with Crippen LogP contribution < -0.4 is 0 Å².